The number of carbonyl (C=O) groups is 4. The second-order valence-electron chi connectivity index (χ2n) is 8.79. The van der Waals surface area contributed by atoms with E-state index in [1.54, 1.807) is 47.1 Å². The Morgan fingerprint density at radius 1 is 1.06 bits per heavy atom. The molecule has 2 heterocycles. The number of anilines is 2. The standard InChI is InChI=1S/C26H29N3O5/c1-17(24(31)20-10-11-23-19(15-20)12-14-29(23)18(2)30)34-25(32)21-7-6-13-28(16-21)26(33)27-22-8-4-3-5-9-22/h3-5,8-11,15,17,21H,6-7,12-14,16H2,1-2H3,(H,27,33)/t17-,21-/m0/s1. The summed E-state index contributed by atoms with van der Waals surface area (Å²) < 4.78 is 5.52. The first-order valence-corrected chi connectivity index (χ1v) is 11.6. The molecule has 8 nitrogen and oxygen atoms in total. The fraction of sp³-hybridized carbons (Fsp3) is 0.385. The van der Waals surface area contributed by atoms with Crippen LogP contribution >= 0.6 is 0 Å². The van der Waals surface area contributed by atoms with E-state index >= 15 is 0 Å². The zero-order valence-corrected chi connectivity index (χ0v) is 19.5. The lowest BCUT2D eigenvalue weighted by atomic mass is 9.98. The van der Waals surface area contributed by atoms with Crippen LogP contribution in [0.25, 0.3) is 0 Å². The topological polar surface area (TPSA) is 96.0 Å². The van der Waals surface area contributed by atoms with Crippen LogP contribution in [-0.2, 0) is 20.7 Å². The minimum Gasteiger partial charge on any atom is -0.454 e. The van der Waals surface area contributed by atoms with Gasteiger partial charge in [0.2, 0.25) is 11.7 Å². The molecular formula is C26H29N3O5. The number of urea groups is 1. The lowest BCUT2D eigenvalue weighted by Gasteiger charge is -2.32. The zero-order chi connectivity index (χ0) is 24.2. The number of amides is 3. The van der Waals surface area contributed by atoms with Gasteiger partial charge in [-0.05, 0) is 62.1 Å². The Morgan fingerprint density at radius 3 is 2.56 bits per heavy atom. The van der Waals surface area contributed by atoms with Crippen LogP contribution in [0.15, 0.2) is 48.5 Å². The number of benzene rings is 2. The molecule has 2 aliphatic rings. The monoisotopic (exact) mass is 463 g/mol. The number of nitrogens with zero attached hydrogens (tertiary/aromatic N) is 2. The van der Waals surface area contributed by atoms with Crippen LogP contribution in [0.3, 0.4) is 0 Å². The van der Waals surface area contributed by atoms with Gasteiger partial charge < -0.3 is 19.9 Å². The number of rotatable bonds is 5. The van der Waals surface area contributed by atoms with Crippen molar-refractivity contribution in [1.29, 1.82) is 0 Å². The van der Waals surface area contributed by atoms with Crippen molar-refractivity contribution in [3.63, 3.8) is 0 Å². The lowest BCUT2D eigenvalue weighted by Crippen LogP contribution is -2.45. The summed E-state index contributed by atoms with van der Waals surface area (Å²) in [6.45, 7) is 4.50. The van der Waals surface area contributed by atoms with E-state index in [9.17, 15) is 19.2 Å². The van der Waals surface area contributed by atoms with E-state index in [2.05, 4.69) is 5.32 Å². The Hall–Kier alpha value is -3.68. The van der Waals surface area contributed by atoms with Gasteiger partial charge in [-0.1, -0.05) is 18.2 Å². The fourth-order valence-electron chi connectivity index (χ4n) is 4.52. The van der Waals surface area contributed by atoms with E-state index in [0.717, 1.165) is 11.3 Å². The van der Waals surface area contributed by atoms with E-state index in [1.165, 1.54) is 6.92 Å². The predicted octanol–water partition coefficient (Wildman–Crippen LogP) is 3.65. The average molecular weight is 464 g/mol. The van der Waals surface area contributed by atoms with Crippen LogP contribution in [0.1, 0.15) is 42.6 Å². The van der Waals surface area contributed by atoms with Gasteiger partial charge >= 0.3 is 12.0 Å². The molecule has 0 saturated carbocycles. The van der Waals surface area contributed by atoms with Crippen molar-refractivity contribution in [2.24, 2.45) is 5.92 Å². The second-order valence-corrected chi connectivity index (χ2v) is 8.79. The molecule has 0 spiro atoms. The highest BCUT2D eigenvalue weighted by molar-refractivity contribution is 6.02. The van der Waals surface area contributed by atoms with Crippen LogP contribution in [0.5, 0.6) is 0 Å². The Kier molecular flexibility index (Phi) is 6.95. The Bertz CT molecular complexity index is 1100. The van der Waals surface area contributed by atoms with E-state index in [1.807, 2.05) is 18.2 Å². The molecule has 0 unspecified atom stereocenters. The summed E-state index contributed by atoms with van der Waals surface area (Å²) in [5.74, 6) is -1.26. The molecule has 2 aliphatic heterocycles. The summed E-state index contributed by atoms with van der Waals surface area (Å²) in [6, 6.07) is 14.1. The van der Waals surface area contributed by atoms with Gasteiger partial charge in [-0.2, -0.15) is 0 Å². The third-order valence-electron chi connectivity index (χ3n) is 6.37. The quantitative estimate of drug-likeness (QED) is 0.539. The molecule has 4 rings (SSSR count). The Balaban J connectivity index is 1.34. The van der Waals surface area contributed by atoms with Crippen LogP contribution < -0.4 is 10.2 Å². The number of nitrogens with one attached hydrogen (secondary N) is 1. The number of esters is 1. The molecule has 2 aromatic rings. The molecular weight excluding hydrogens is 434 g/mol. The van der Waals surface area contributed by atoms with Gasteiger partial charge in [0.05, 0.1) is 5.92 Å². The number of ether oxygens (including phenoxy) is 1. The highest BCUT2D eigenvalue weighted by atomic mass is 16.5. The molecule has 2 aromatic carbocycles. The average Bonchev–Trinajstić information content (AvgIpc) is 3.28. The van der Waals surface area contributed by atoms with Crippen LogP contribution in [0, 0.1) is 5.92 Å². The summed E-state index contributed by atoms with van der Waals surface area (Å²) in [6.07, 6.45) is 1.04. The van der Waals surface area contributed by atoms with E-state index in [4.69, 9.17) is 4.74 Å². The molecule has 3 amide bonds. The molecule has 34 heavy (non-hydrogen) atoms. The van der Waals surface area contributed by atoms with Crippen LogP contribution in [0.2, 0.25) is 0 Å². The third kappa shape index (κ3) is 5.11. The first-order valence-electron chi connectivity index (χ1n) is 11.6. The minimum atomic E-state index is -0.940. The summed E-state index contributed by atoms with van der Waals surface area (Å²) in [4.78, 5) is 53.3. The van der Waals surface area contributed by atoms with E-state index < -0.39 is 18.0 Å². The van der Waals surface area contributed by atoms with Gasteiger partial charge in [-0.25, -0.2) is 4.79 Å². The normalized spacial score (nSPS) is 18.1. The molecule has 2 atom stereocenters. The van der Waals surface area contributed by atoms with Gasteiger partial charge in [0.25, 0.3) is 0 Å². The lowest BCUT2D eigenvalue weighted by molar-refractivity contribution is -0.152. The molecule has 1 fully saturated rings. The van der Waals surface area contributed by atoms with Crippen molar-refractivity contribution in [1.82, 2.24) is 4.90 Å². The van der Waals surface area contributed by atoms with Crippen molar-refractivity contribution in [2.45, 2.75) is 39.2 Å². The van der Waals surface area contributed by atoms with Crippen LogP contribution in [-0.4, -0.2) is 54.3 Å². The fourth-order valence-corrected chi connectivity index (χ4v) is 4.52. The van der Waals surface area contributed by atoms with Crippen molar-refractivity contribution in [3.05, 3.63) is 59.7 Å². The van der Waals surface area contributed by atoms with Crippen LogP contribution in [0.4, 0.5) is 16.2 Å². The highest BCUT2D eigenvalue weighted by Gasteiger charge is 2.32. The van der Waals surface area contributed by atoms with E-state index in [-0.39, 0.29) is 24.3 Å². The molecule has 0 radical (unpaired) electrons. The van der Waals surface area contributed by atoms with Gasteiger partial charge in [-0.3, -0.25) is 14.4 Å². The van der Waals surface area contributed by atoms with Crippen molar-refractivity contribution in [2.75, 3.05) is 29.9 Å². The number of fused-ring (bicyclic) bond motifs is 1. The van der Waals surface area contributed by atoms with Gasteiger partial charge in [-0.15, -0.1) is 0 Å². The van der Waals surface area contributed by atoms with Crippen molar-refractivity contribution < 1.29 is 23.9 Å². The first kappa shape index (κ1) is 23.5. The second kappa shape index (κ2) is 10.1. The molecule has 0 aliphatic carbocycles. The summed E-state index contributed by atoms with van der Waals surface area (Å²) >= 11 is 0. The smallest absolute Gasteiger partial charge is 0.321 e. The number of hydrogen-bond donors (Lipinski definition) is 1. The molecule has 0 bridgehead atoms. The number of likely N-dealkylation sites (tertiary alicyclic amines) is 1. The summed E-state index contributed by atoms with van der Waals surface area (Å²) in [5, 5.41) is 2.84. The van der Waals surface area contributed by atoms with Gasteiger partial charge in [0.1, 0.15) is 0 Å². The predicted molar refractivity (Wildman–Crippen MR) is 128 cm³/mol. The SMILES string of the molecule is CC(=O)N1CCc2cc(C(=O)[C@H](C)OC(=O)[C@H]3CCCN(C(=O)Nc4ccccc4)C3)ccc21. The number of para-hydroxylation sites is 1. The minimum absolute atomic E-state index is 0.0286. The summed E-state index contributed by atoms with van der Waals surface area (Å²) in [7, 11) is 0. The number of Topliss-reactive ketones (excluding diaryl/α,β-unsaturated/α-hetero) is 1. The highest BCUT2D eigenvalue weighted by Crippen LogP contribution is 2.29. The number of hydrogen-bond acceptors (Lipinski definition) is 5. The maximum absolute atomic E-state index is 12.9. The maximum Gasteiger partial charge on any atom is 0.321 e. The molecule has 1 N–H and O–H groups in total. The largest absolute Gasteiger partial charge is 0.454 e. The number of carbonyl (C=O) groups excluding carboxylic acids is 4. The third-order valence-corrected chi connectivity index (χ3v) is 6.37. The van der Waals surface area contributed by atoms with Gasteiger partial charge in [0.15, 0.2) is 6.10 Å². The molecule has 0 aromatic heterocycles. The Morgan fingerprint density at radius 2 is 1.82 bits per heavy atom. The number of ketones is 1. The number of piperidine rings is 1. The van der Waals surface area contributed by atoms with Crippen molar-refractivity contribution in [3.8, 4) is 0 Å². The summed E-state index contributed by atoms with van der Waals surface area (Å²) in [5.41, 5.74) is 2.91. The molecule has 1 saturated heterocycles. The molecule has 178 valence electrons. The van der Waals surface area contributed by atoms with Gasteiger partial charge in [0, 0.05) is 43.5 Å². The Labute approximate surface area is 198 Å². The van der Waals surface area contributed by atoms with E-state index in [0.29, 0.717) is 43.6 Å². The first-order chi connectivity index (χ1) is 16.3. The zero-order valence-electron chi connectivity index (χ0n) is 19.5. The maximum atomic E-state index is 12.9. The van der Waals surface area contributed by atoms with Crippen molar-refractivity contribution >= 4 is 35.1 Å². The molecule has 8 heteroatoms.